The predicted molar refractivity (Wildman–Crippen MR) is 95.3 cm³/mol. The maximum Gasteiger partial charge on any atom is 0.323 e. The Morgan fingerprint density at radius 1 is 1.32 bits per heavy atom. The van der Waals surface area contributed by atoms with Crippen molar-refractivity contribution < 1.29 is 9.53 Å². The van der Waals surface area contributed by atoms with Crippen LogP contribution in [-0.2, 0) is 16.1 Å². The zero-order valence-electron chi connectivity index (χ0n) is 15.5. The molecule has 2 fully saturated rings. The van der Waals surface area contributed by atoms with Crippen LogP contribution in [-0.4, -0.2) is 46.7 Å². The van der Waals surface area contributed by atoms with Crippen LogP contribution in [0.2, 0.25) is 0 Å². The molecule has 3 rings (SSSR count). The highest BCUT2D eigenvalue weighted by molar-refractivity contribution is 5.77. The molecule has 25 heavy (non-hydrogen) atoms. The summed E-state index contributed by atoms with van der Waals surface area (Å²) in [6, 6.07) is 12.4. The lowest BCUT2D eigenvalue weighted by molar-refractivity contribution is -0.160. The minimum absolute atomic E-state index is 0.0461. The zero-order chi connectivity index (χ0) is 18.2. The second kappa shape index (κ2) is 6.44. The van der Waals surface area contributed by atoms with E-state index in [4.69, 9.17) is 4.74 Å². The largest absolute Gasteiger partial charge is 0.459 e. The second-order valence-corrected chi connectivity index (χ2v) is 8.35. The normalized spacial score (nSPS) is 30.0. The van der Waals surface area contributed by atoms with E-state index in [2.05, 4.69) is 28.0 Å². The molecule has 1 aromatic rings. The van der Waals surface area contributed by atoms with Gasteiger partial charge in [0.15, 0.2) is 0 Å². The molecule has 2 aliphatic rings. The van der Waals surface area contributed by atoms with Crippen molar-refractivity contribution in [2.24, 2.45) is 5.41 Å². The van der Waals surface area contributed by atoms with Crippen molar-refractivity contribution in [3.05, 3.63) is 35.9 Å². The van der Waals surface area contributed by atoms with Gasteiger partial charge in [-0.05, 0) is 39.7 Å². The summed E-state index contributed by atoms with van der Waals surface area (Å²) in [5.41, 5.74) is 0.138. The summed E-state index contributed by atoms with van der Waals surface area (Å²) in [5, 5.41) is 9.83. The molecule has 0 spiro atoms. The fourth-order valence-electron chi connectivity index (χ4n) is 4.09. The van der Waals surface area contributed by atoms with Gasteiger partial charge in [-0.1, -0.05) is 30.3 Å². The Morgan fingerprint density at radius 3 is 2.60 bits per heavy atom. The number of benzene rings is 1. The summed E-state index contributed by atoms with van der Waals surface area (Å²) < 4.78 is 5.61. The van der Waals surface area contributed by atoms with Crippen LogP contribution < -0.4 is 0 Å². The van der Waals surface area contributed by atoms with E-state index in [0.717, 1.165) is 19.6 Å². The molecule has 2 aliphatic heterocycles. The summed E-state index contributed by atoms with van der Waals surface area (Å²) in [6.07, 6.45) is 0.476. The Balaban J connectivity index is 1.81. The van der Waals surface area contributed by atoms with Crippen LogP contribution in [0.25, 0.3) is 0 Å². The van der Waals surface area contributed by atoms with Crippen molar-refractivity contribution in [2.75, 3.05) is 13.1 Å². The van der Waals surface area contributed by atoms with Crippen molar-refractivity contribution >= 4 is 5.97 Å². The zero-order valence-corrected chi connectivity index (χ0v) is 15.5. The van der Waals surface area contributed by atoms with Gasteiger partial charge >= 0.3 is 5.97 Å². The third kappa shape index (κ3) is 3.56. The van der Waals surface area contributed by atoms with Crippen LogP contribution in [0, 0.1) is 16.7 Å². The van der Waals surface area contributed by atoms with Gasteiger partial charge in [-0.3, -0.25) is 14.6 Å². The van der Waals surface area contributed by atoms with Gasteiger partial charge in [0.25, 0.3) is 0 Å². The lowest BCUT2D eigenvalue weighted by Crippen LogP contribution is -2.45. The van der Waals surface area contributed by atoms with Crippen molar-refractivity contribution in [1.29, 1.82) is 5.26 Å². The summed E-state index contributed by atoms with van der Waals surface area (Å²) in [7, 11) is 0. The van der Waals surface area contributed by atoms with Gasteiger partial charge < -0.3 is 4.74 Å². The number of carbonyl (C=O) groups is 1. The van der Waals surface area contributed by atoms with E-state index in [1.807, 2.05) is 45.9 Å². The molecule has 0 saturated carbocycles. The molecule has 0 aromatic heterocycles. The number of fused-ring (bicyclic) bond motifs is 1. The van der Waals surface area contributed by atoms with Gasteiger partial charge in [-0.15, -0.1) is 0 Å². The van der Waals surface area contributed by atoms with Crippen molar-refractivity contribution in [1.82, 2.24) is 9.80 Å². The van der Waals surface area contributed by atoms with Crippen molar-refractivity contribution in [2.45, 2.75) is 58.5 Å². The molecule has 0 bridgehead atoms. The molecule has 0 amide bonds. The van der Waals surface area contributed by atoms with Crippen LogP contribution in [0.5, 0.6) is 0 Å². The lowest BCUT2D eigenvalue weighted by atomic mass is 9.86. The first-order chi connectivity index (χ1) is 11.7. The van der Waals surface area contributed by atoms with Crippen LogP contribution in [0.1, 0.15) is 39.7 Å². The quantitative estimate of drug-likeness (QED) is 0.791. The number of nitriles is 1. The van der Waals surface area contributed by atoms with Crippen LogP contribution in [0.15, 0.2) is 30.3 Å². The smallest absolute Gasteiger partial charge is 0.323 e. The third-order valence-corrected chi connectivity index (χ3v) is 5.06. The fourth-order valence-corrected chi connectivity index (χ4v) is 4.09. The number of carbonyl (C=O) groups excluding carboxylic acids is 1. The van der Waals surface area contributed by atoms with Gasteiger partial charge in [-0.2, -0.15) is 5.26 Å². The fraction of sp³-hybridized carbons (Fsp3) is 0.600. The number of esters is 1. The van der Waals surface area contributed by atoms with Gasteiger partial charge in [-0.25, -0.2) is 0 Å². The maximum absolute atomic E-state index is 12.7. The minimum Gasteiger partial charge on any atom is -0.459 e. The van der Waals surface area contributed by atoms with Crippen LogP contribution in [0.4, 0.5) is 0 Å². The molecular formula is C20H27N3O2. The summed E-state index contributed by atoms with van der Waals surface area (Å²) >= 11 is 0. The van der Waals surface area contributed by atoms with E-state index in [9.17, 15) is 10.1 Å². The Hall–Kier alpha value is -1.90. The van der Waals surface area contributed by atoms with Gasteiger partial charge in [0.1, 0.15) is 11.6 Å². The number of hydrogen-bond acceptors (Lipinski definition) is 5. The van der Waals surface area contributed by atoms with Crippen molar-refractivity contribution in [3.63, 3.8) is 0 Å². The topological polar surface area (TPSA) is 56.6 Å². The summed E-state index contributed by atoms with van der Waals surface area (Å²) in [6.45, 7) is 10.1. The highest BCUT2D eigenvalue weighted by Gasteiger charge is 2.57. The molecule has 0 radical (unpaired) electrons. The molecule has 2 heterocycles. The molecule has 5 nitrogen and oxygen atoms in total. The van der Waals surface area contributed by atoms with E-state index >= 15 is 0 Å². The molecular weight excluding hydrogens is 314 g/mol. The van der Waals surface area contributed by atoms with Crippen LogP contribution >= 0.6 is 0 Å². The average molecular weight is 341 g/mol. The van der Waals surface area contributed by atoms with E-state index in [1.165, 1.54) is 5.56 Å². The molecule has 5 heteroatoms. The highest BCUT2D eigenvalue weighted by atomic mass is 16.6. The van der Waals surface area contributed by atoms with E-state index in [1.54, 1.807) is 0 Å². The number of rotatable bonds is 3. The van der Waals surface area contributed by atoms with Crippen LogP contribution in [0.3, 0.4) is 0 Å². The molecule has 3 atom stereocenters. The number of hydrogen-bond donors (Lipinski definition) is 0. The SMILES string of the molecule is CC(C)(C)OC(=O)[C@@H]1C[C@@](C)(C#N)[C@H]2N(Cc3ccccc3)CCN12. The van der Waals surface area contributed by atoms with E-state index < -0.39 is 11.0 Å². The Kier molecular flexibility index (Phi) is 4.61. The highest BCUT2D eigenvalue weighted by Crippen LogP contribution is 2.45. The second-order valence-electron chi connectivity index (χ2n) is 8.35. The van der Waals surface area contributed by atoms with Crippen molar-refractivity contribution in [3.8, 4) is 6.07 Å². The van der Waals surface area contributed by atoms with E-state index in [0.29, 0.717) is 6.42 Å². The standard InChI is InChI=1S/C20H27N3O2/c1-19(2,3)25-17(24)16-12-20(4,14-21)18-22(10-11-23(16)18)13-15-8-6-5-7-9-15/h5-9,16,18H,10-13H2,1-4H3/t16-,18-,20-/m0/s1. The molecule has 1 aromatic carbocycles. The Morgan fingerprint density at radius 2 is 2.00 bits per heavy atom. The monoisotopic (exact) mass is 341 g/mol. The summed E-state index contributed by atoms with van der Waals surface area (Å²) in [5.74, 6) is -0.210. The molecule has 0 N–H and O–H groups in total. The average Bonchev–Trinajstić information content (AvgIpc) is 3.08. The number of nitrogens with zero attached hydrogens (tertiary/aromatic N) is 3. The minimum atomic E-state index is -0.577. The van der Waals surface area contributed by atoms with Gasteiger partial charge in [0.2, 0.25) is 0 Å². The first-order valence-electron chi connectivity index (χ1n) is 8.91. The lowest BCUT2D eigenvalue weighted by Gasteiger charge is -2.32. The van der Waals surface area contributed by atoms with Gasteiger partial charge in [0.05, 0.1) is 17.6 Å². The molecule has 0 unspecified atom stereocenters. The Labute approximate surface area is 150 Å². The van der Waals surface area contributed by atoms with Gasteiger partial charge in [0, 0.05) is 19.6 Å². The molecule has 2 saturated heterocycles. The first-order valence-corrected chi connectivity index (χ1v) is 8.91. The van der Waals surface area contributed by atoms with E-state index in [-0.39, 0.29) is 18.2 Å². The maximum atomic E-state index is 12.7. The molecule has 134 valence electrons. The molecule has 0 aliphatic carbocycles. The number of ether oxygens (including phenoxy) is 1. The third-order valence-electron chi connectivity index (χ3n) is 5.06. The predicted octanol–water partition coefficient (Wildman–Crippen LogP) is 2.77. The first kappa shape index (κ1) is 17.9. The Bertz CT molecular complexity index is 676. The summed E-state index contributed by atoms with van der Waals surface area (Å²) in [4.78, 5) is 17.2.